The molecule has 1 N–H and O–H groups in total. The quantitative estimate of drug-likeness (QED) is 0.938. The Kier molecular flexibility index (Phi) is 3.90. The fourth-order valence-electron chi connectivity index (χ4n) is 1.44. The van der Waals surface area contributed by atoms with Crippen LogP contribution in [0.25, 0.3) is 0 Å². The molecule has 19 heavy (non-hydrogen) atoms. The Bertz CT molecular complexity index is 718. The van der Waals surface area contributed by atoms with Crippen LogP contribution in [0.4, 0.5) is 0 Å². The predicted molar refractivity (Wildman–Crippen MR) is 68.9 cm³/mol. The number of halogens is 1. The van der Waals surface area contributed by atoms with E-state index in [0.717, 1.165) is 0 Å². The van der Waals surface area contributed by atoms with Crippen molar-refractivity contribution in [2.45, 2.75) is 11.4 Å². The topological polar surface area (TPSA) is 83.1 Å². The molecule has 0 saturated heterocycles. The average molecular weight is 297 g/mol. The van der Waals surface area contributed by atoms with E-state index in [1.54, 1.807) is 6.07 Å². The van der Waals surface area contributed by atoms with Gasteiger partial charge in [-0.3, -0.25) is 0 Å². The van der Waals surface area contributed by atoms with Crippen LogP contribution in [-0.4, -0.2) is 8.42 Å². The minimum atomic E-state index is -3.73. The zero-order chi connectivity index (χ0) is 13.9. The molecule has 0 atom stereocenters. The summed E-state index contributed by atoms with van der Waals surface area (Å²) in [5.41, 5.74) is 1.01. The van der Waals surface area contributed by atoms with Gasteiger partial charge < -0.3 is 4.42 Å². The van der Waals surface area contributed by atoms with Crippen LogP contribution in [0.15, 0.2) is 46.1 Å². The fourth-order valence-corrected chi connectivity index (χ4v) is 3.00. The maximum absolute atomic E-state index is 12.0. The number of nitrogens with one attached hydrogen (secondary N) is 1. The van der Waals surface area contributed by atoms with E-state index in [1.165, 1.54) is 30.7 Å². The van der Waals surface area contributed by atoms with Crippen LogP contribution in [0.2, 0.25) is 5.02 Å². The van der Waals surface area contributed by atoms with Crippen LogP contribution in [0.5, 0.6) is 0 Å². The molecule has 0 amide bonds. The SMILES string of the molecule is N#Cc1ccc(S(=O)(=O)NCc2ccoc2)c(Cl)c1. The summed E-state index contributed by atoms with van der Waals surface area (Å²) in [7, 11) is -3.73. The lowest BCUT2D eigenvalue weighted by molar-refractivity contribution is 0.561. The first-order valence-electron chi connectivity index (χ1n) is 5.23. The lowest BCUT2D eigenvalue weighted by Crippen LogP contribution is -2.23. The Balaban J connectivity index is 2.22. The summed E-state index contributed by atoms with van der Waals surface area (Å²) in [6, 6.07) is 7.56. The Labute approximate surface area is 115 Å². The third-order valence-electron chi connectivity index (χ3n) is 2.40. The summed E-state index contributed by atoms with van der Waals surface area (Å²) in [4.78, 5) is -0.0586. The van der Waals surface area contributed by atoms with Crippen molar-refractivity contribution in [1.82, 2.24) is 4.72 Å². The van der Waals surface area contributed by atoms with Crippen LogP contribution in [0.1, 0.15) is 11.1 Å². The van der Waals surface area contributed by atoms with Gasteiger partial charge >= 0.3 is 0 Å². The maximum Gasteiger partial charge on any atom is 0.242 e. The van der Waals surface area contributed by atoms with E-state index in [-0.39, 0.29) is 16.5 Å². The largest absolute Gasteiger partial charge is 0.472 e. The molecule has 0 unspecified atom stereocenters. The van der Waals surface area contributed by atoms with Gasteiger partial charge in [0.1, 0.15) is 4.90 Å². The number of rotatable bonds is 4. The van der Waals surface area contributed by atoms with Crippen LogP contribution in [0.3, 0.4) is 0 Å². The van der Waals surface area contributed by atoms with Gasteiger partial charge in [0.15, 0.2) is 0 Å². The second kappa shape index (κ2) is 5.45. The third-order valence-corrected chi connectivity index (χ3v) is 4.28. The Morgan fingerprint density at radius 3 is 2.74 bits per heavy atom. The van der Waals surface area contributed by atoms with Crippen molar-refractivity contribution in [3.63, 3.8) is 0 Å². The van der Waals surface area contributed by atoms with Gasteiger partial charge in [0.2, 0.25) is 10.0 Å². The van der Waals surface area contributed by atoms with Crippen molar-refractivity contribution in [3.05, 3.63) is 52.9 Å². The van der Waals surface area contributed by atoms with Crippen LogP contribution in [0, 0.1) is 11.3 Å². The summed E-state index contributed by atoms with van der Waals surface area (Å²) in [6.45, 7) is 0.106. The second-order valence-corrected chi connectivity index (χ2v) is 5.86. The van der Waals surface area contributed by atoms with Crippen molar-refractivity contribution in [2.24, 2.45) is 0 Å². The van der Waals surface area contributed by atoms with Crippen LogP contribution in [-0.2, 0) is 16.6 Å². The normalized spacial score (nSPS) is 11.2. The monoisotopic (exact) mass is 296 g/mol. The number of benzene rings is 1. The number of hydrogen-bond donors (Lipinski definition) is 1. The van der Waals surface area contributed by atoms with E-state index >= 15 is 0 Å². The number of sulfonamides is 1. The number of nitriles is 1. The van der Waals surface area contributed by atoms with E-state index in [9.17, 15) is 8.42 Å². The highest BCUT2D eigenvalue weighted by Gasteiger charge is 2.18. The molecule has 2 aromatic rings. The molecule has 1 aromatic heterocycles. The van der Waals surface area contributed by atoms with E-state index in [0.29, 0.717) is 11.1 Å². The molecule has 1 heterocycles. The molecule has 0 saturated carbocycles. The fraction of sp³-hybridized carbons (Fsp3) is 0.0833. The highest BCUT2D eigenvalue weighted by atomic mass is 35.5. The van der Waals surface area contributed by atoms with E-state index in [1.807, 2.05) is 6.07 Å². The molecule has 0 fully saturated rings. The third kappa shape index (κ3) is 3.15. The minimum Gasteiger partial charge on any atom is -0.472 e. The summed E-state index contributed by atoms with van der Waals surface area (Å²) in [5, 5.41) is 8.71. The first-order chi connectivity index (χ1) is 9.03. The first kappa shape index (κ1) is 13.6. The second-order valence-electron chi connectivity index (χ2n) is 3.71. The summed E-state index contributed by atoms with van der Waals surface area (Å²) in [6.07, 6.45) is 2.90. The van der Waals surface area contributed by atoms with Crippen molar-refractivity contribution < 1.29 is 12.8 Å². The van der Waals surface area contributed by atoms with E-state index in [2.05, 4.69) is 4.72 Å². The summed E-state index contributed by atoms with van der Waals surface area (Å²) in [5.74, 6) is 0. The molecule has 0 aliphatic heterocycles. The molecule has 0 aliphatic carbocycles. The minimum absolute atomic E-state index is 0.0127. The molecular weight excluding hydrogens is 288 g/mol. The molecule has 7 heteroatoms. The van der Waals surface area contributed by atoms with Crippen molar-refractivity contribution >= 4 is 21.6 Å². The number of furan rings is 1. The maximum atomic E-state index is 12.0. The Hall–Kier alpha value is -1.81. The van der Waals surface area contributed by atoms with E-state index in [4.69, 9.17) is 21.3 Å². The van der Waals surface area contributed by atoms with Crippen LogP contribution >= 0.6 is 11.6 Å². The molecule has 0 aliphatic rings. The van der Waals surface area contributed by atoms with Gasteiger partial charge in [-0.2, -0.15) is 5.26 Å². The highest BCUT2D eigenvalue weighted by Crippen LogP contribution is 2.22. The van der Waals surface area contributed by atoms with Gasteiger partial charge in [0.05, 0.1) is 29.2 Å². The van der Waals surface area contributed by atoms with E-state index < -0.39 is 10.0 Å². The van der Waals surface area contributed by atoms with Gasteiger partial charge in [-0.1, -0.05) is 11.6 Å². The molecule has 0 radical (unpaired) electrons. The Morgan fingerprint density at radius 1 is 1.37 bits per heavy atom. The van der Waals surface area contributed by atoms with Crippen molar-refractivity contribution in [1.29, 1.82) is 5.26 Å². The molecule has 2 rings (SSSR count). The lowest BCUT2D eigenvalue weighted by Gasteiger charge is -2.07. The van der Waals surface area contributed by atoms with Crippen molar-refractivity contribution in [2.75, 3.05) is 0 Å². The predicted octanol–water partition coefficient (Wildman–Crippen LogP) is 2.28. The molecule has 5 nitrogen and oxygen atoms in total. The van der Waals surface area contributed by atoms with Gasteiger partial charge in [-0.15, -0.1) is 0 Å². The molecule has 0 bridgehead atoms. The molecule has 98 valence electrons. The first-order valence-corrected chi connectivity index (χ1v) is 7.09. The number of hydrogen-bond acceptors (Lipinski definition) is 4. The summed E-state index contributed by atoms with van der Waals surface area (Å²) >= 11 is 5.86. The van der Waals surface area contributed by atoms with Crippen molar-refractivity contribution in [3.8, 4) is 6.07 Å². The Morgan fingerprint density at radius 2 is 2.16 bits per heavy atom. The van der Waals surface area contributed by atoms with Crippen LogP contribution < -0.4 is 4.72 Å². The zero-order valence-corrected chi connectivity index (χ0v) is 11.2. The van der Waals surface area contributed by atoms with Gasteiger partial charge in [-0.25, -0.2) is 13.1 Å². The lowest BCUT2D eigenvalue weighted by atomic mass is 10.2. The van der Waals surface area contributed by atoms with Gasteiger partial charge in [0.25, 0.3) is 0 Å². The molecule has 1 aromatic carbocycles. The number of nitrogens with zero attached hydrogens (tertiary/aromatic N) is 1. The highest BCUT2D eigenvalue weighted by molar-refractivity contribution is 7.89. The zero-order valence-electron chi connectivity index (χ0n) is 9.63. The van der Waals surface area contributed by atoms with Gasteiger partial charge in [-0.05, 0) is 24.3 Å². The average Bonchev–Trinajstić information content (AvgIpc) is 2.89. The molecule has 0 spiro atoms. The van der Waals surface area contributed by atoms with Gasteiger partial charge in [0, 0.05) is 12.1 Å². The molecular formula is C12H9ClN2O3S. The standard InChI is InChI=1S/C12H9ClN2O3S/c13-11-5-9(6-14)1-2-12(11)19(16,17)15-7-10-3-4-18-8-10/h1-5,8,15H,7H2. The smallest absolute Gasteiger partial charge is 0.242 e. The summed E-state index contributed by atoms with van der Waals surface area (Å²) < 4.78 is 31.3.